The van der Waals surface area contributed by atoms with Crippen molar-refractivity contribution in [3.63, 3.8) is 0 Å². The van der Waals surface area contributed by atoms with Gasteiger partial charge in [-0.1, -0.05) is 13.0 Å². The predicted octanol–water partition coefficient (Wildman–Crippen LogP) is 2.25. The van der Waals surface area contributed by atoms with Crippen LogP contribution in [0.25, 0.3) is 10.6 Å². The van der Waals surface area contributed by atoms with E-state index in [1.165, 1.54) is 4.88 Å². The summed E-state index contributed by atoms with van der Waals surface area (Å²) in [5.41, 5.74) is 2.17. The first kappa shape index (κ1) is 9.43. The maximum Gasteiger partial charge on any atom is 0.102 e. The molecule has 0 bridgehead atoms. The summed E-state index contributed by atoms with van der Waals surface area (Å²) in [6, 6.07) is 6.21. The molecule has 0 saturated carbocycles. The van der Waals surface area contributed by atoms with Crippen molar-refractivity contribution < 1.29 is 0 Å². The van der Waals surface area contributed by atoms with Gasteiger partial charge >= 0.3 is 0 Å². The zero-order chi connectivity index (χ0) is 9.80. The molecule has 0 fully saturated rings. The molecule has 0 aliphatic carbocycles. The van der Waals surface area contributed by atoms with Crippen molar-refractivity contribution in [2.45, 2.75) is 13.5 Å². The second kappa shape index (κ2) is 4.39. The van der Waals surface area contributed by atoms with E-state index < -0.39 is 0 Å². The van der Waals surface area contributed by atoms with Crippen LogP contribution in [0.3, 0.4) is 0 Å². The zero-order valence-corrected chi connectivity index (χ0v) is 8.90. The molecule has 2 N–H and O–H groups in total. The predicted molar refractivity (Wildman–Crippen MR) is 59.3 cm³/mol. The number of thiophene rings is 1. The van der Waals surface area contributed by atoms with Crippen LogP contribution in [0.2, 0.25) is 0 Å². The van der Waals surface area contributed by atoms with Crippen LogP contribution in [-0.4, -0.2) is 16.7 Å². The lowest BCUT2D eigenvalue weighted by molar-refractivity contribution is 0.707. The van der Waals surface area contributed by atoms with Gasteiger partial charge in [-0.2, -0.15) is 5.10 Å². The molecule has 0 amide bonds. The van der Waals surface area contributed by atoms with Crippen LogP contribution in [0, 0.1) is 0 Å². The summed E-state index contributed by atoms with van der Waals surface area (Å²) >= 11 is 1.71. The van der Waals surface area contributed by atoms with Crippen molar-refractivity contribution in [2.75, 3.05) is 6.54 Å². The highest BCUT2D eigenvalue weighted by Gasteiger charge is 2.03. The molecule has 0 radical (unpaired) electrons. The van der Waals surface area contributed by atoms with Gasteiger partial charge in [0.05, 0.1) is 4.88 Å². The largest absolute Gasteiger partial charge is 0.311 e. The van der Waals surface area contributed by atoms with Gasteiger partial charge in [-0.15, -0.1) is 11.3 Å². The molecule has 0 saturated heterocycles. The van der Waals surface area contributed by atoms with E-state index in [1.807, 2.05) is 6.07 Å². The minimum atomic E-state index is 0.856. The minimum Gasteiger partial charge on any atom is -0.311 e. The lowest BCUT2D eigenvalue weighted by Crippen LogP contribution is -2.11. The van der Waals surface area contributed by atoms with Crippen LogP contribution in [-0.2, 0) is 6.54 Å². The van der Waals surface area contributed by atoms with Crippen molar-refractivity contribution in [2.24, 2.45) is 0 Å². The third-order valence-electron chi connectivity index (χ3n) is 1.97. The fourth-order valence-corrected chi connectivity index (χ4v) is 1.95. The highest BCUT2D eigenvalue weighted by molar-refractivity contribution is 7.13. The fourth-order valence-electron chi connectivity index (χ4n) is 1.26. The maximum atomic E-state index is 4.26. The molecule has 2 heterocycles. The van der Waals surface area contributed by atoms with Gasteiger partial charge in [-0.05, 0) is 24.1 Å². The first-order chi connectivity index (χ1) is 6.90. The van der Waals surface area contributed by atoms with E-state index in [1.54, 1.807) is 11.3 Å². The standard InChI is InChI=1S/C10H13N3S/c1-2-11-7-8-6-9(13-12-8)10-4-3-5-14-10/h3-6,11H,2,7H2,1H3,(H,12,13). The molecule has 0 aliphatic heterocycles. The van der Waals surface area contributed by atoms with E-state index >= 15 is 0 Å². The molecule has 3 nitrogen and oxygen atoms in total. The topological polar surface area (TPSA) is 40.7 Å². The summed E-state index contributed by atoms with van der Waals surface area (Å²) in [7, 11) is 0. The van der Waals surface area contributed by atoms with E-state index in [-0.39, 0.29) is 0 Å². The highest BCUT2D eigenvalue weighted by atomic mass is 32.1. The molecule has 0 atom stereocenters. The number of nitrogens with zero attached hydrogens (tertiary/aromatic N) is 1. The fraction of sp³-hybridized carbons (Fsp3) is 0.300. The van der Waals surface area contributed by atoms with Crippen LogP contribution in [0.15, 0.2) is 23.6 Å². The average molecular weight is 207 g/mol. The van der Waals surface area contributed by atoms with Crippen LogP contribution < -0.4 is 5.32 Å². The van der Waals surface area contributed by atoms with Crippen LogP contribution in [0.4, 0.5) is 0 Å². The molecule has 0 aromatic carbocycles. The van der Waals surface area contributed by atoms with E-state index in [0.29, 0.717) is 0 Å². The monoisotopic (exact) mass is 207 g/mol. The number of aromatic amines is 1. The number of hydrogen-bond acceptors (Lipinski definition) is 3. The molecule has 2 aromatic rings. The van der Waals surface area contributed by atoms with Gasteiger partial charge in [0.1, 0.15) is 5.69 Å². The minimum absolute atomic E-state index is 0.856. The van der Waals surface area contributed by atoms with Gasteiger partial charge in [0.15, 0.2) is 0 Å². The molecular weight excluding hydrogens is 194 g/mol. The number of H-pyrrole nitrogens is 1. The second-order valence-corrected chi connectivity index (χ2v) is 3.98. The number of nitrogens with one attached hydrogen (secondary N) is 2. The van der Waals surface area contributed by atoms with Crippen molar-refractivity contribution in [3.05, 3.63) is 29.3 Å². The number of aromatic nitrogens is 2. The smallest absolute Gasteiger partial charge is 0.102 e. The Morgan fingerprint density at radius 1 is 1.57 bits per heavy atom. The third kappa shape index (κ3) is 2.02. The van der Waals surface area contributed by atoms with E-state index in [2.05, 4.69) is 40.0 Å². The van der Waals surface area contributed by atoms with Crippen LogP contribution in [0.5, 0.6) is 0 Å². The molecule has 0 unspecified atom stereocenters. The Hall–Kier alpha value is -1.13. The molecule has 0 spiro atoms. The van der Waals surface area contributed by atoms with Crippen molar-refractivity contribution in [3.8, 4) is 10.6 Å². The van der Waals surface area contributed by atoms with Gasteiger partial charge in [0.2, 0.25) is 0 Å². The quantitative estimate of drug-likeness (QED) is 0.807. The summed E-state index contributed by atoms with van der Waals surface area (Å²) in [4.78, 5) is 1.21. The molecular formula is C10H13N3S. The van der Waals surface area contributed by atoms with Crippen molar-refractivity contribution in [1.82, 2.24) is 15.5 Å². The summed E-state index contributed by atoms with van der Waals surface area (Å²) in [5, 5.41) is 12.6. The number of rotatable bonds is 4. The highest BCUT2D eigenvalue weighted by Crippen LogP contribution is 2.22. The van der Waals surface area contributed by atoms with E-state index in [4.69, 9.17) is 0 Å². The van der Waals surface area contributed by atoms with Gasteiger partial charge in [0.25, 0.3) is 0 Å². The van der Waals surface area contributed by atoms with Gasteiger partial charge < -0.3 is 5.32 Å². The molecule has 74 valence electrons. The Morgan fingerprint density at radius 3 is 3.21 bits per heavy atom. The first-order valence-corrected chi connectivity index (χ1v) is 5.57. The summed E-state index contributed by atoms with van der Waals surface area (Å²) in [6.45, 7) is 3.93. The van der Waals surface area contributed by atoms with E-state index in [9.17, 15) is 0 Å². The lowest BCUT2D eigenvalue weighted by atomic mass is 10.3. The Balaban J connectivity index is 2.10. The molecule has 2 aromatic heterocycles. The third-order valence-corrected chi connectivity index (χ3v) is 2.86. The molecule has 4 heteroatoms. The average Bonchev–Trinajstić information content (AvgIpc) is 2.85. The summed E-state index contributed by atoms with van der Waals surface area (Å²) in [6.07, 6.45) is 0. The van der Waals surface area contributed by atoms with Crippen LogP contribution in [0.1, 0.15) is 12.6 Å². The summed E-state index contributed by atoms with van der Waals surface area (Å²) < 4.78 is 0. The molecule has 2 rings (SSSR count). The van der Waals surface area contributed by atoms with E-state index in [0.717, 1.165) is 24.5 Å². The van der Waals surface area contributed by atoms with Gasteiger partial charge in [0, 0.05) is 12.2 Å². The Bertz CT molecular complexity index is 378. The zero-order valence-electron chi connectivity index (χ0n) is 8.08. The van der Waals surface area contributed by atoms with Gasteiger partial charge in [-0.25, -0.2) is 0 Å². The maximum absolute atomic E-state index is 4.26. The van der Waals surface area contributed by atoms with Crippen molar-refractivity contribution in [1.29, 1.82) is 0 Å². The summed E-state index contributed by atoms with van der Waals surface area (Å²) in [5.74, 6) is 0. The molecule has 0 aliphatic rings. The van der Waals surface area contributed by atoms with Crippen LogP contribution >= 0.6 is 11.3 Å². The molecule has 14 heavy (non-hydrogen) atoms. The second-order valence-electron chi connectivity index (χ2n) is 3.04. The number of hydrogen-bond donors (Lipinski definition) is 2. The Morgan fingerprint density at radius 2 is 2.50 bits per heavy atom. The lowest BCUT2D eigenvalue weighted by Gasteiger charge is -1.95. The first-order valence-electron chi connectivity index (χ1n) is 4.69. The Labute approximate surface area is 87.2 Å². The normalized spacial score (nSPS) is 10.6. The SMILES string of the molecule is CCNCc1cc(-c2cccs2)n[nH]1. The van der Waals surface area contributed by atoms with Crippen molar-refractivity contribution >= 4 is 11.3 Å². The Kier molecular flexibility index (Phi) is 2.96. The van der Waals surface area contributed by atoms with Gasteiger partial charge in [-0.3, -0.25) is 5.10 Å².